The van der Waals surface area contributed by atoms with Gasteiger partial charge in [-0.3, -0.25) is 19.0 Å². The van der Waals surface area contributed by atoms with Crippen molar-refractivity contribution in [2.75, 3.05) is 16.4 Å². The van der Waals surface area contributed by atoms with Crippen molar-refractivity contribution >= 4 is 57.8 Å². The van der Waals surface area contributed by atoms with E-state index < -0.39 is 0 Å². The Kier molecular flexibility index (Phi) is 8.47. The van der Waals surface area contributed by atoms with Gasteiger partial charge in [0, 0.05) is 35.3 Å². The summed E-state index contributed by atoms with van der Waals surface area (Å²) >= 11 is 8.12. The average molecular weight is 538 g/mol. The Labute approximate surface area is 220 Å². The van der Waals surface area contributed by atoms with Crippen LogP contribution in [-0.2, 0) is 4.79 Å². The van der Waals surface area contributed by atoms with Crippen molar-refractivity contribution in [1.82, 2.24) is 14.5 Å². The van der Waals surface area contributed by atoms with Crippen molar-refractivity contribution in [3.8, 4) is 5.69 Å². The molecule has 11 heteroatoms. The number of aryl methyl sites for hydroxylation is 1. The molecule has 0 aliphatic rings. The summed E-state index contributed by atoms with van der Waals surface area (Å²) in [6.45, 7) is 1.76. The van der Waals surface area contributed by atoms with Crippen LogP contribution in [0.2, 0.25) is 0 Å². The lowest BCUT2D eigenvalue weighted by molar-refractivity contribution is -0.116. The van der Waals surface area contributed by atoms with Crippen molar-refractivity contribution in [3.63, 3.8) is 0 Å². The molecule has 0 saturated carbocycles. The first-order chi connectivity index (χ1) is 17.4. The van der Waals surface area contributed by atoms with Crippen molar-refractivity contribution in [3.05, 3.63) is 92.4 Å². The number of amides is 2. The number of aromatic amines is 1. The number of rotatable bonds is 9. The van der Waals surface area contributed by atoms with Crippen molar-refractivity contribution < 1.29 is 9.59 Å². The van der Waals surface area contributed by atoms with E-state index in [1.807, 2.05) is 48.5 Å². The van der Waals surface area contributed by atoms with Gasteiger partial charge < -0.3 is 15.6 Å². The second-order valence-electron chi connectivity index (χ2n) is 7.73. The van der Waals surface area contributed by atoms with E-state index in [1.54, 1.807) is 23.6 Å². The van der Waals surface area contributed by atoms with Gasteiger partial charge in [0.05, 0.1) is 0 Å². The highest BCUT2D eigenvalue weighted by Gasteiger charge is 2.23. The van der Waals surface area contributed by atoms with Gasteiger partial charge in [-0.15, -0.1) is 0 Å². The fraction of sp³-hybridized carbons (Fsp3) is 0.160. The summed E-state index contributed by atoms with van der Waals surface area (Å²) in [4.78, 5) is 44.6. The molecule has 2 aromatic heterocycles. The highest BCUT2D eigenvalue weighted by Crippen LogP contribution is 2.30. The third kappa shape index (κ3) is 6.56. The van der Waals surface area contributed by atoms with Crippen LogP contribution in [0.25, 0.3) is 5.69 Å². The summed E-state index contributed by atoms with van der Waals surface area (Å²) in [7, 11) is 0. The fourth-order valence-electron chi connectivity index (χ4n) is 3.40. The van der Waals surface area contributed by atoms with Crippen molar-refractivity contribution in [2.24, 2.45) is 0 Å². The predicted molar refractivity (Wildman–Crippen MR) is 147 cm³/mol. The molecule has 2 aromatic carbocycles. The van der Waals surface area contributed by atoms with Crippen LogP contribution >= 0.6 is 35.3 Å². The van der Waals surface area contributed by atoms with E-state index in [-0.39, 0.29) is 29.5 Å². The first kappa shape index (κ1) is 25.5. The summed E-state index contributed by atoms with van der Waals surface area (Å²) in [5, 5.41) is 6.67. The summed E-state index contributed by atoms with van der Waals surface area (Å²) < 4.78 is 2.11. The van der Waals surface area contributed by atoms with Gasteiger partial charge >= 0.3 is 0 Å². The van der Waals surface area contributed by atoms with E-state index in [0.29, 0.717) is 37.7 Å². The molecule has 0 unspecified atom stereocenters. The molecule has 3 N–H and O–H groups in total. The summed E-state index contributed by atoms with van der Waals surface area (Å²) in [5.41, 5.74) is 2.08. The van der Waals surface area contributed by atoms with E-state index in [9.17, 15) is 14.4 Å². The Bertz CT molecular complexity index is 1480. The lowest BCUT2D eigenvalue weighted by atomic mass is 10.2. The topological polar surface area (TPSA) is 109 Å². The van der Waals surface area contributed by atoms with Crippen LogP contribution in [0.4, 0.5) is 10.7 Å². The van der Waals surface area contributed by atoms with Crippen LogP contribution in [0.1, 0.15) is 29.0 Å². The molecule has 0 spiro atoms. The van der Waals surface area contributed by atoms with Crippen LogP contribution in [0.3, 0.4) is 0 Å². The Morgan fingerprint density at radius 2 is 1.78 bits per heavy atom. The molecular weight excluding hydrogens is 515 g/mol. The van der Waals surface area contributed by atoms with E-state index >= 15 is 0 Å². The molecule has 0 atom stereocenters. The van der Waals surface area contributed by atoms with E-state index in [0.717, 1.165) is 5.69 Å². The van der Waals surface area contributed by atoms with Gasteiger partial charge in [0.25, 0.3) is 11.5 Å². The summed E-state index contributed by atoms with van der Waals surface area (Å²) in [5.74, 6) is -0.00806. The van der Waals surface area contributed by atoms with Crippen LogP contribution < -0.4 is 16.2 Å². The molecule has 4 aromatic rings. The van der Waals surface area contributed by atoms with Gasteiger partial charge in [-0.25, -0.2) is 4.98 Å². The smallest absolute Gasteiger partial charge is 0.275 e. The molecular formula is C25H23N5O3S3. The van der Waals surface area contributed by atoms with Crippen LogP contribution in [0.5, 0.6) is 0 Å². The molecule has 36 heavy (non-hydrogen) atoms. The van der Waals surface area contributed by atoms with Crippen LogP contribution in [0.15, 0.2) is 76.7 Å². The average Bonchev–Trinajstić information content (AvgIpc) is 3.18. The minimum Gasteiger partial charge on any atom is -0.321 e. The SMILES string of the molecule is Cc1cc(=O)[nH]c(SCCCC(=O)Nc2sc(=S)n(-c3ccccc3)c2C(=O)Nc2ccccc2)n1. The molecule has 0 aliphatic heterocycles. The molecule has 2 heterocycles. The number of thiazole rings is 1. The fourth-order valence-corrected chi connectivity index (χ4v) is 5.62. The Balaban J connectivity index is 1.49. The van der Waals surface area contributed by atoms with Gasteiger partial charge in [-0.2, -0.15) is 0 Å². The number of H-pyrrole nitrogens is 1. The molecule has 184 valence electrons. The van der Waals surface area contributed by atoms with Crippen LogP contribution in [0, 0.1) is 10.9 Å². The van der Waals surface area contributed by atoms with Crippen LogP contribution in [-0.4, -0.2) is 32.1 Å². The lowest BCUT2D eigenvalue weighted by Crippen LogP contribution is -2.20. The monoisotopic (exact) mass is 537 g/mol. The van der Waals surface area contributed by atoms with Gasteiger partial charge in [0.2, 0.25) is 5.91 Å². The third-order valence-corrected chi connectivity index (χ3v) is 7.21. The minimum absolute atomic E-state index is 0.201. The zero-order chi connectivity index (χ0) is 25.5. The number of thioether (sulfide) groups is 1. The van der Waals surface area contributed by atoms with Gasteiger partial charge in [-0.05, 0) is 49.8 Å². The number of para-hydroxylation sites is 2. The molecule has 0 bridgehead atoms. The number of nitrogens with one attached hydrogen (secondary N) is 3. The lowest BCUT2D eigenvalue weighted by Gasteiger charge is -2.12. The van der Waals surface area contributed by atoms with Gasteiger partial charge in [0.15, 0.2) is 9.11 Å². The Morgan fingerprint density at radius 3 is 2.47 bits per heavy atom. The van der Waals surface area contributed by atoms with Crippen molar-refractivity contribution in [1.29, 1.82) is 0 Å². The molecule has 4 rings (SSSR count). The number of hydrogen-bond acceptors (Lipinski definition) is 7. The van der Waals surface area contributed by atoms with Gasteiger partial charge in [0.1, 0.15) is 10.7 Å². The highest BCUT2D eigenvalue weighted by atomic mass is 32.2. The number of anilines is 2. The molecule has 0 radical (unpaired) electrons. The zero-order valence-corrected chi connectivity index (χ0v) is 21.8. The number of benzene rings is 2. The van der Waals surface area contributed by atoms with E-state index in [4.69, 9.17) is 12.2 Å². The quantitative estimate of drug-likeness (QED) is 0.114. The van der Waals surface area contributed by atoms with E-state index in [1.165, 1.54) is 29.2 Å². The molecule has 2 amide bonds. The standard InChI is InChI=1S/C25H23N5O3S3/c1-16-15-20(32)29-24(26-16)35-14-8-13-19(31)28-23-21(22(33)27-17-9-4-2-5-10-17)30(25(34)36-23)18-11-6-3-7-12-18/h2-7,9-12,15H,8,13-14H2,1H3,(H,27,33)(H,28,31)(H,26,29,32). The normalized spacial score (nSPS) is 10.7. The highest BCUT2D eigenvalue weighted by molar-refractivity contribution is 7.99. The van der Waals surface area contributed by atoms with Crippen molar-refractivity contribution in [2.45, 2.75) is 24.9 Å². The first-order valence-corrected chi connectivity index (χ1v) is 13.3. The Morgan fingerprint density at radius 1 is 1.08 bits per heavy atom. The zero-order valence-electron chi connectivity index (χ0n) is 19.3. The maximum absolute atomic E-state index is 13.3. The number of carbonyl (C=O) groups excluding carboxylic acids is 2. The minimum atomic E-state index is -0.377. The van der Waals surface area contributed by atoms with E-state index in [2.05, 4.69) is 20.6 Å². The Hall–Kier alpha value is -3.54. The second-order valence-corrected chi connectivity index (χ2v) is 10.5. The maximum Gasteiger partial charge on any atom is 0.275 e. The second kappa shape index (κ2) is 11.9. The number of hydrogen-bond donors (Lipinski definition) is 3. The molecule has 0 aliphatic carbocycles. The number of carbonyl (C=O) groups is 2. The summed E-state index contributed by atoms with van der Waals surface area (Å²) in [6, 6.07) is 19.8. The molecule has 8 nitrogen and oxygen atoms in total. The maximum atomic E-state index is 13.3. The first-order valence-electron chi connectivity index (χ1n) is 11.1. The predicted octanol–water partition coefficient (Wildman–Crippen LogP) is 5.42. The molecule has 0 fully saturated rings. The van der Waals surface area contributed by atoms with Gasteiger partial charge in [-0.1, -0.05) is 59.5 Å². The number of aromatic nitrogens is 3. The largest absolute Gasteiger partial charge is 0.321 e. The number of nitrogens with zero attached hydrogens (tertiary/aromatic N) is 2. The molecule has 0 saturated heterocycles. The summed E-state index contributed by atoms with van der Waals surface area (Å²) in [6.07, 6.45) is 0.795. The third-order valence-electron chi connectivity index (χ3n) is 4.96.